The maximum absolute atomic E-state index is 12.1. The second-order valence-corrected chi connectivity index (χ2v) is 7.58. The Hall–Kier alpha value is -4.66. The Bertz CT molecular complexity index is 1240. The molecular formula is C26H26N4O5. The Morgan fingerprint density at radius 1 is 0.886 bits per heavy atom. The minimum atomic E-state index is -0.886. The second-order valence-electron chi connectivity index (χ2n) is 7.58. The van der Waals surface area contributed by atoms with Gasteiger partial charge in [-0.15, -0.1) is 0 Å². The van der Waals surface area contributed by atoms with Crippen molar-refractivity contribution in [2.24, 2.45) is 5.10 Å². The highest BCUT2D eigenvalue weighted by molar-refractivity contribution is 6.39. The number of aryl methyl sites for hydroxylation is 2. The zero-order valence-corrected chi connectivity index (χ0v) is 19.6. The van der Waals surface area contributed by atoms with Crippen LogP contribution in [0.5, 0.6) is 11.5 Å². The summed E-state index contributed by atoms with van der Waals surface area (Å²) < 4.78 is 10.7. The fourth-order valence-electron chi connectivity index (χ4n) is 3.00. The summed E-state index contributed by atoms with van der Waals surface area (Å²) in [5.41, 5.74) is 5.79. The summed E-state index contributed by atoms with van der Waals surface area (Å²) in [6, 6.07) is 19.4. The number of methoxy groups -OCH3 is 1. The first-order valence-electron chi connectivity index (χ1n) is 10.7. The van der Waals surface area contributed by atoms with Gasteiger partial charge in [0.25, 0.3) is 5.91 Å². The molecule has 0 aliphatic rings. The molecule has 0 heterocycles. The Morgan fingerprint density at radius 3 is 2.37 bits per heavy atom. The zero-order chi connectivity index (χ0) is 25.2. The van der Waals surface area contributed by atoms with Crippen LogP contribution in [0.4, 0.5) is 11.4 Å². The molecule has 9 nitrogen and oxygen atoms in total. The lowest BCUT2D eigenvalue weighted by atomic mass is 10.1. The predicted octanol–water partition coefficient (Wildman–Crippen LogP) is 3.42. The minimum Gasteiger partial charge on any atom is -0.495 e. The van der Waals surface area contributed by atoms with Crippen molar-refractivity contribution < 1.29 is 23.9 Å². The molecule has 0 spiro atoms. The summed E-state index contributed by atoms with van der Waals surface area (Å²) >= 11 is 0. The van der Waals surface area contributed by atoms with E-state index in [1.165, 1.54) is 13.3 Å². The number of hydrazone groups is 1. The Balaban J connectivity index is 1.45. The van der Waals surface area contributed by atoms with Gasteiger partial charge in [-0.2, -0.15) is 5.10 Å². The van der Waals surface area contributed by atoms with Crippen LogP contribution >= 0.6 is 0 Å². The molecule has 3 aromatic rings. The lowest BCUT2D eigenvalue weighted by Crippen LogP contribution is -2.32. The average Bonchev–Trinajstić information content (AvgIpc) is 2.86. The van der Waals surface area contributed by atoms with Gasteiger partial charge >= 0.3 is 11.8 Å². The van der Waals surface area contributed by atoms with E-state index in [9.17, 15) is 14.4 Å². The number of hydrogen-bond donors (Lipinski definition) is 3. The van der Waals surface area contributed by atoms with E-state index in [2.05, 4.69) is 21.2 Å². The highest BCUT2D eigenvalue weighted by atomic mass is 16.5. The summed E-state index contributed by atoms with van der Waals surface area (Å²) in [6.07, 6.45) is 1.39. The van der Waals surface area contributed by atoms with E-state index >= 15 is 0 Å². The van der Waals surface area contributed by atoms with E-state index in [4.69, 9.17) is 9.47 Å². The van der Waals surface area contributed by atoms with Crippen LogP contribution in [0.15, 0.2) is 71.8 Å². The van der Waals surface area contributed by atoms with Gasteiger partial charge in [0.05, 0.1) is 19.0 Å². The van der Waals surface area contributed by atoms with Crippen molar-refractivity contribution in [2.45, 2.75) is 13.8 Å². The molecule has 35 heavy (non-hydrogen) atoms. The molecule has 0 radical (unpaired) electrons. The lowest BCUT2D eigenvalue weighted by molar-refractivity contribution is -0.136. The van der Waals surface area contributed by atoms with Gasteiger partial charge in [-0.3, -0.25) is 14.4 Å². The number of benzene rings is 3. The van der Waals surface area contributed by atoms with Crippen molar-refractivity contribution in [1.82, 2.24) is 5.43 Å². The monoisotopic (exact) mass is 474 g/mol. The lowest BCUT2D eigenvalue weighted by Gasteiger charge is -2.10. The number of ether oxygens (including phenoxy) is 2. The largest absolute Gasteiger partial charge is 0.495 e. The molecule has 3 rings (SSSR count). The van der Waals surface area contributed by atoms with Gasteiger partial charge in [0, 0.05) is 5.69 Å². The molecule has 0 bridgehead atoms. The molecule has 0 saturated heterocycles. The van der Waals surface area contributed by atoms with Gasteiger partial charge in [-0.1, -0.05) is 24.3 Å². The van der Waals surface area contributed by atoms with Crippen molar-refractivity contribution in [3.05, 3.63) is 83.4 Å². The van der Waals surface area contributed by atoms with Gasteiger partial charge in [-0.25, -0.2) is 5.43 Å². The van der Waals surface area contributed by atoms with Gasteiger partial charge < -0.3 is 20.1 Å². The van der Waals surface area contributed by atoms with Crippen LogP contribution in [0.1, 0.15) is 16.7 Å². The number of carbonyl (C=O) groups is 3. The minimum absolute atomic E-state index is 0.183. The van der Waals surface area contributed by atoms with Crippen LogP contribution in [0.25, 0.3) is 0 Å². The fourth-order valence-corrected chi connectivity index (χ4v) is 3.00. The third-order valence-electron chi connectivity index (χ3n) is 4.86. The third-order valence-corrected chi connectivity index (χ3v) is 4.86. The van der Waals surface area contributed by atoms with Crippen molar-refractivity contribution in [1.29, 1.82) is 0 Å². The van der Waals surface area contributed by atoms with Crippen molar-refractivity contribution in [3.63, 3.8) is 0 Å². The fraction of sp³-hybridized carbons (Fsp3) is 0.154. The van der Waals surface area contributed by atoms with E-state index in [0.29, 0.717) is 28.4 Å². The third kappa shape index (κ3) is 7.43. The van der Waals surface area contributed by atoms with E-state index in [1.807, 2.05) is 32.0 Å². The standard InChI is InChI=1S/C26H26N4O5/c1-17-8-9-18(2)22(14-17)29-25(32)26(33)30-27-15-19-10-12-20(13-11-19)35-16-24(31)28-21-6-4-5-7-23(21)34-3/h4-15H,16H2,1-3H3,(H,28,31)(H,29,32)(H,30,33)/b27-15+. The molecule has 9 heteroatoms. The molecule has 0 aromatic heterocycles. The van der Waals surface area contributed by atoms with Crippen molar-refractivity contribution >= 4 is 35.3 Å². The number of amides is 3. The maximum Gasteiger partial charge on any atom is 0.329 e. The Labute approximate surface area is 203 Å². The summed E-state index contributed by atoms with van der Waals surface area (Å²) in [5.74, 6) is -0.996. The van der Waals surface area contributed by atoms with Crippen LogP contribution in [0, 0.1) is 13.8 Å². The first-order valence-corrected chi connectivity index (χ1v) is 10.7. The van der Waals surface area contributed by atoms with Gasteiger partial charge in [-0.05, 0) is 73.0 Å². The molecule has 3 amide bonds. The second kappa shape index (κ2) is 12.0. The van der Waals surface area contributed by atoms with Crippen LogP contribution in [-0.2, 0) is 14.4 Å². The number of nitrogens with zero attached hydrogens (tertiary/aromatic N) is 1. The molecule has 0 saturated carbocycles. The summed E-state index contributed by atoms with van der Waals surface area (Å²) in [5, 5.41) is 9.11. The van der Waals surface area contributed by atoms with Gasteiger partial charge in [0.1, 0.15) is 11.5 Å². The topological polar surface area (TPSA) is 118 Å². The molecule has 3 N–H and O–H groups in total. The average molecular weight is 475 g/mol. The quantitative estimate of drug-likeness (QED) is 0.263. The van der Waals surface area contributed by atoms with E-state index < -0.39 is 11.8 Å². The molecule has 0 atom stereocenters. The highest BCUT2D eigenvalue weighted by Gasteiger charge is 2.14. The van der Waals surface area contributed by atoms with E-state index in [1.54, 1.807) is 48.5 Å². The first-order chi connectivity index (χ1) is 16.9. The van der Waals surface area contributed by atoms with E-state index in [0.717, 1.165) is 11.1 Å². The van der Waals surface area contributed by atoms with Crippen molar-refractivity contribution in [2.75, 3.05) is 24.4 Å². The van der Waals surface area contributed by atoms with E-state index in [-0.39, 0.29) is 12.5 Å². The van der Waals surface area contributed by atoms with Crippen LogP contribution in [0.3, 0.4) is 0 Å². The normalized spacial score (nSPS) is 10.5. The molecule has 3 aromatic carbocycles. The predicted molar refractivity (Wildman–Crippen MR) is 134 cm³/mol. The number of carbonyl (C=O) groups excluding carboxylic acids is 3. The summed E-state index contributed by atoms with van der Waals surface area (Å²) in [6.45, 7) is 3.55. The number of anilines is 2. The molecular weight excluding hydrogens is 448 g/mol. The van der Waals surface area contributed by atoms with Crippen LogP contribution in [0.2, 0.25) is 0 Å². The number of rotatable bonds is 8. The number of nitrogens with one attached hydrogen (secondary N) is 3. The van der Waals surface area contributed by atoms with Gasteiger partial charge in [0.15, 0.2) is 6.61 Å². The molecule has 180 valence electrons. The number of para-hydroxylation sites is 2. The van der Waals surface area contributed by atoms with Crippen molar-refractivity contribution in [3.8, 4) is 11.5 Å². The molecule has 0 fully saturated rings. The Kier molecular flexibility index (Phi) is 8.55. The first kappa shape index (κ1) is 25.0. The SMILES string of the molecule is COc1ccccc1NC(=O)COc1ccc(/C=N/NC(=O)C(=O)Nc2cc(C)ccc2C)cc1. The zero-order valence-electron chi connectivity index (χ0n) is 19.6. The molecule has 0 aliphatic heterocycles. The van der Waals surface area contributed by atoms with Gasteiger partial charge in [0.2, 0.25) is 0 Å². The number of hydrogen-bond acceptors (Lipinski definition) is 6. The summed E-state index contributed by atoms with van der Waals surface area (Å²) in [7, 11) is 1.53. The summed E-state index contributed by atoms with van der Waals surface area (Å²) in [4.78, 5) is 36.2. The molecule has 0 unspecified atom stereocenters. The van der Waals surface area contributed by atoms with Crippen LogP contribution in [-0.4, -0.2) is 37.7 Å². The smallest absolute Gasteiger partial charge is 0.329 e. The van der Waals surface area contributed by atoms with Crippen LogP contribution < -0.4 is 25.5 Å². The highest BCUT2D eigenvalue weighted by Crippen LogP contribution is 2.23. The Morgan fingerprint density at radius 2 is 1.63 bits per heavy atom. The maximum atomic E-state index is 12.1. The molecule has 0 aliphatic carbocycles.